The summed E-state index contributed by atoms with van der Waals surface area (Å²) >= 11 is 0. The van der Waals surface area contributed by atoms with Crippen LogP contribution in [-0.2, 0) is 14.3 Å². The molecule has 6 heteroatoms. The smallest absolute Gasteiger partial charge is 0.239 e. The second-order valence-corrected chi connectivity index (χ2v) is 9.19. The molecule has 3 N–H and O–H groups in total. The summed E-state index contributed by atoms with van der Waals surface area (Å²) in [6.45, 7) is 10.0. The van der Waals surface area contributed by atoms with E-state index < -0.39 is 17.7 Å². The maximum atomic E-state index is 12.1. The van der Waals surface area contributed by atoms with Crippen molar-refractivity contribution in [1.82, 2.24) is 4.90 Å². The van der Waals surface area contributed by atoms with Crippen molar-refractivity contribution in [3.63, 3.8) is 0 Å². The van der Waals surface area contributed by atoms with Crippen molar-refractivity contribution in [2.45, 2.75) is 89.3 Å². The van der Waals surface area contributed by atoms with E-state index in [0.717, 1.165) is 51.8 Å². The molecule has 3 aliphatic heterocycles. The van der Waals surface area contributed by atoms with E-state index in [4.69, 9.17) is 15.2 Å². The van der Waals surface area contributed by atoms with Crippen molar-refractivity contribution in [3.8, 4) is 0 Å². The highest BCUT2D eigenvalue weighted by atomic mass is 16.6. The first-order chi connectivity index (χ1) is 11.6. The van der Waals surface area contributed by atoms with Gasteiger partial charge in [0.05, 0.1) is 36.1 Å². The summed E-state index contributed by atoms with van der Waals surface area (Å²) in [6, 6.07) is -0.426. The molecule has 3 rings (SSSR count). The number of rotatable bonds is 2. The van der Waals surface area contributed by atoms with E-state index in [1.165, 1.54) is 0 Å². The molecule has 144 valence electrons. The van der Waals surface area contributed by atoms with E-state index in [1.54, 1.807) is 6.92 Å². The van der Waals surface area contributed by atoms with E-state index in [9.17, 15) is 9.90 Å². The minimum Gasteiger partial charge on any atom is -0.390 e. The summed E-state index contributed by atoms with van der Waals surface area (Å²) in [5.74, 6) is 0.0450. The van der Waals surface area contributed by atoms with Gasteiger partial charge in [-0.25, -0.2) is 0 Å². The summed E-state index contributed by atoms with van der Waals surface area (Å²) in [5, 5.41) is 10.2. The average molecular weight is 354 g/mol. The number of aliphatic hydroxyl groups is 1. The van der Waals surface area contributed by atoms with Gasteiger partial charge >= 0.3 is 0 Å². The van der Waals surface area contributed by atoms with Crippen LogP contribution in [-0.4, -0.2) is 65.1 Å². The van der Waals surface area contributed by atoms with Gasteiger partial charge in [-0.05, 0) is 65.2 Å². The number of nitrogens with two attached hydrogens (primary N) is 1. The predicted octanol–water partition coefficient (Wildman–Crippen LogP) is 1.44. The van der Waals surface area contributed by atoms with Crippen LogP contribution in [0.25, 0.3) is 0 Å². The third-order valence-electron chi connectivity index (χ3n) is 6.63. The van der Waals surface area contributed by atoms with Crippen molar-refractivity contribution in [1.29, 1.82) is 0 Å². The van der Waals surface area contributed by atoms with Gasteiger partial charge in [-0.15, -0.1) is 0 Å². The average Bonchev–Trinajstić information content (AvgIpc) is 2.96. The van der Waals surface area contributed by atoms with E-state index in [2.05, 4.69) is 6.92 Å². The maximum absolute atomic E-state index is 12.1. The molecule has 0 aromatic heterocycles. The third kappa shape index (κ3) is 3.59. The van der Waals surface area contributed by atoms with Gasteiger partial charge in [0.2, 0.25) is 5.91 Å². The van der Waals surface area contributed by atoms with Crippen LogP contribution in [0, 0.1) is 5.41 Å². The Kier molecular flexibility index (Phi) is 4.95. The van der Waals surface area contributed by atoms with E-state index in [-0.39, 0.29) is 23.0 Å². The summed E-state index contributed by atoms with van der Waals surface area (Å²) in [6.07, 6.45) is 4.07. The number of hydrogen-bond donors (Lipinski definition) is 2. The second kappa shape index (κ2) is 6.48. The molecule has 25 heavy (non-hydrogen) atoms. The number of piperidine rings is 1. The second-order valence-electron chi connectivity index (χ2n) is 9.19. The van der Waals surface area contributed by atoms with Crippen LogP contribution in [0.4, 0.5) is 0 Å². The normalized spacial score (nSPS) is 38.7. The van der Waals surface area contributed by atoms with Crippen molar-refractivity contribution in [2.75, 3.05) is 19.7 Å². The first kappa shape index (κ1) is 19.1. The lowest BCUT2D eigenvalue weighted by Crippen LogP contribution is -2.56. The highest BCUT2D eigenvalue weighted by molar-refractivity contribution is 5.81. The lowest BCUT2D eigenvalue weighted by atomic mass is 9.73. The number of nitrogens with zero attached hydrogens (tertiary/aromatic N) is 1. The molecule has 4 atom stereocenters. The van der Waals surface area contributed by atoms with Crippen LogP contribution in [0.3, 0.4) is 0 Å². The number of hydrogen-bond acceptors (Lipinski definition) is 5. The Labute approximate surface area is 151 Å². The number of carbonyl (C=O) groups excluding carboxylic acids is 1. The zero-order valence-electron chi connectivity index (χ0n) is 16.1. The predicted molar refractivity (Wildman–Crippen MR) is 95.1 cm³/mol. The van der Waals surface area contributed by atoms with Crippen molar-refractivity contribution in [3.05, 3.63) is 0 Å². The Balaban J connectivity index is 1.62. The molecule has 0 aromatic rings. The fraction of sp³-hybridized carbons (Fsp3) is 0.947. The molecule has 0 aromatic carbocycles. The van der Waals surface area contributed by atoms with Gasteiger partial charge in [0, 0.05) is 13.1 Å². The van der Waals surface area contributed by atoms with Crippen LogP contribution < -0.4 is 5.73 Å². The largest absolute Gasteiger partial charge is 0.390 e. The maximum Gasteiger partial charge on any atom is 0.239 e. The standard InChI is InChI=1S/C19H34N2O4/c1-13(20)16(23)21-9-7-19(8-10-21)11-15(24-12-19)18(4)6-5-14(22)17(2,3)25-18/h13-15,22H,5-12,20H2,1-4H3/t13-,14+,15-,18-/m1/s1. The molecule has 0 aliphatic carbocycles. The molecule has 3 heterocycles. The topological polar surface area (TPSA) is 85.0 Å². The number of aliphatic hydroxyl groups excluding tert-OH is 1. The van der Waals surface area contributed by atoms with Crippen molar-refractivity contribution < 1.29 is 19.4 Å². The van der Waals surface area contributed by atoms with Crippen LogP contribution >= 0.6 is 0 Å². The molecule has 0 radical (unpaired) electrons. The monoisotopic (exact) mass is 354 g/mol. The van der Waals surface area contributed by atoms with Gasteiger partial charge in [0.15, 0.2) is 0 Å². The molecule has 1 amide bonds. The van der Waals surface area contributed by atoms with E-state index in [0.29, 0.717) is 0 Å². The lowest BCUT2D eigenvalue weighted by molar-refractivity contribution is -0.245. The third-order valence-corrected chi connectivity index (χ3v) is 6.63. The van der Waals surface area contributed by atoms with Gasteiger partial charge in [-0.3, -0.25) is 4.79 Å². The van der Waals surface area contributed by atoms with Gasteiger partial charge in [0.1, 0.15) is 0 Å². The van der Waals surface area contributed by atoms with Gasteiger partial charge in [-0.1, -0.05) is 0 Å². The molecule has 1 spiro atoms. The minimum atomic E-state index is -0.542. The van der Waals surface area contributed by atoms with Crippen LogP contribution in [0.5, 0.6) is 0 Å². The Hall–Kier alpha value is -0.690. The molecule has 0 bridgehead atoms. The lowest BCUT2D eigenvalue weighted by Gasteiger charge is -2.48. The van der Waals surface area contributed by atoms with Crippen LogP contribution in [0.2, 0.25) is 0 Å². The molecule has 3 saturated heterocycles. The summed E-state index contributed by atoms with van der Waals surface area (Å²) < 4.78 is 12.6. The molecule has 0 saturated carbocycles. The van der Waals surface area contributed by atoms with Crippen molar-refractivity contribution >= 4 is 5.91 Å². The SMILES string of the molecule is C[C@@H](N)C(=O)N1CCC2(CC1)CO[C@@H]([C@@]1(C)CC[C@H](O)C(C)(C)O1)C2. The van der Waals surface area contributed by atoms with Crippen LogP contribution in [0.15, 0.2) is 0 Å². The molecule has 3 fully saturated rings. The minimum absolute atomic E-state index is 0.0450. The Morgan fingerprint density at radius 3 is 2.44 bits per heavy atom. The highest BCUT2D eigenvalue weighted by Gasteiger charge is 2.53. The molecular weight excluding hydrogens is 320 g/mol. The molecule has 0 unspecified atom stereocenters. The number of ether oxygens (including phenoxy) is 2. The zero-order valence-corrected chi connectivity index (χ0v) is 16.1. The Bertz CT molecular complexity index is 514. The van der Waals surface area contributed by atoms with Gasteiger partial charge in [0.25, 0.3) is 0 Å². The molecular formula is C19H34N2O4. The molecule has 3 aliphatic rings. The van der Waals surface area contributed by atoms with Crippen LogP contribution in [0.1, 0.15) is 59.8 Å². The quantitative estimate of drug-likeness (QED) is 0.784. The number of carbonyl (C=O) groups is 1. The van der Waals surface area contributed by atoms with Gasteiger partial charge in [-0.2, -0.15) is 0 Å². The zero-order chi connectivity index (χ0) is 18.5. The summed E-state index contributed by atoms with van der Waals surface area (Å²) in [5.41, 5.74) is 4.98. The Morgan fingerprint density at radius 1 is 1.24 bits per heavy atom. The number of amides is 1. The van der Waals surface area contributed by atoms with Crippen molar-refractivity contribution in [2.24, 2.45) is 11.1 Å². The fourth-order valence-electron chi connectivity index (χ4n) is 4.74. The summed E-state index contributed by atoms with van der Waals surface area (Å²) in [7, 11) is 0. The number of likely N-dealkylation sites (tertiary alicyclic amines) is 1. The molecule has 6 nitrogen and oxygen atoms in total. The fourth-order valence-corrected chi connectivity index (χ4v) is 4.74. The van der Waals surface area contributed by atoms with E-state index >= 15 is 0 Å². The highest BCUT2D eigenvalue weighted by Crippen LogP contribution is 2.48. The van der Waals surface area contributed by atoms with Gasteiger partial charge < -0.3 is 25.2 Å². The first-order valence-electron chi connectivity index (χ1n) is 9.61. The van der Waals surface area contributed by atoms with E-state index in [1.807, 2.05) is 18.7 Å². The first-order valence-corrected chi connectivity index (χ1v) is 9.61. The Morgan fingerprint density at radius 2 is 1.88 bits per heavy atom. The summed E-state index contributed by atoms with van der Waals surface area (Å²) in [4.78, 5) is 14.0.